The van der Waals surface area contributed by atoms with E-state index in [4.69, 9.17) is 10.1 Å². The molecule has 47 heavy (non-hydrogen) atoms. The molecule has 4 nitrogen and oxygen atoms in total. The van der Waals surface area contributed by atoms with Crippen LogP contribution in [-0.2, 0) is 5.54 Å². The fraction of sp³-hybridized carbons (Fsp3) is 0.333. The van der Waals surface area contributed by atoms with E-state index in [9.17, 15) is 0 Å². The summed E-state index contributed by atoms with van der Waals surface area (Å²) in [5.41, 5.74) is 7.37. The summed E-state index contributed by atoms with van der Waals surface area (Å²) < 4.78 is 10.6. The number of pyridine rings is 1. The summed E-state index contributed by atoms with van der Waals surface area (Å²) in [7, 11) is 0. The van der Waals surface area contributed by atoms with Gasteiger partial charge in [0.15, 0.2) is 0 Å². The van der Waals surface area contributed by atoms with Gasteiger partial charge in [0.25, 0.3) is 0 Å². The number of benzene rings is 3. The molecule has 0 fully saturated rings. The van der Waals surface area contributed by atoms with Crippen molar-refractivity contribution in [3.05, 3.63) is 144 Å². The van der Waals surface area contributed by atoms with Crippen LogP contribution in [0.25, 0.3) is 16.8 Å². The number of aryl methyl sites for hydroxylation is 1. The molecule has 0 amide bonds. The molecule has 0 aliphatic rings. The van der Waals surface area contributed by atoms with Crippen molar-refractivity contribution < 1.29 is 0 Å². The van der Waals surface area contributed by atoms with Crippen molar-refractivity contribution in [1.29, 1.82) is 0 Å². The third kappa shape index (κ3) is 6.46. The van der Waals surface area contributed by atoms with Crippen LogP contribution in [0, 0.1) is 6.92 Å². The van der Waals surface area contributed by atoms with Crippen molar-refractivity contribution in [3.63, 3.8) is 0 Å². The average molecular weight is 730 g/mol. The Bertz CT molecular complexity index is 1740. The van der Waals surface area contributed by atoms with Gasteiger partial charge in [0.2, 0.25) is 0 Å². The van der Waals surface area contributed by atoms with Gasteiger partial charge in [-0.2, -0.15) is 0 Å². The number of aromatic nitrogens is 4. The maximum atomic E-state index is 5.35. The number of nitrogens with zero attached hydrogens (tertiary/aromatic N) is 4. The first-order valence-corrected chi connectivity index (χ1v) is 25.3. The first kappa shape index (κ1) is 33.3. The molecule has 0 saturated heterocycles. The fourth-order valence-electron chi connectivity index (χ4n) is 7.69. The summed E-state index contributed by atoms with van der Waals surface area (Å²) in [4.78, 5) is 5.02. The fourth-order valence-corrected chi connectivity index (χ4v) is 23.8. The summed E-state index contributed by atoms with van der Waals surface area (Å²) in [6, 6.07) is 36.9. The van der Waals surface area contributed by atoms with E-state index in [1.54, 1.807) is 3.71 Å². The molecule has 0 aliphatic heterocycles. The number of rotatable bonds is 15. The summed E-state index contributed by atoms with van der Waals surface area (Å²) in [6.45, 7) is 9.21. The topological polar surface area (TPSA) is 35.1 Å². The quantitative estimate of drug-likeness (QED) is 0.0779. The van der Waals surface area contributed by atoms with Crippen LogP contribution in [0.15, 0.2) is 122 Å². The van der Waals surface area contributed by atoms with Gasteiger partial charge in [0.1, 0.15) is 0 Å². The van der Waals surface area contributed by atoms with Crippen molar-refractivity contribution in [2.75, 3.05) is 0 Å². The van der Waals surface area contributed by atoms with Gasteiger partial charge >= 0.3 is 287 Å². The summed E-state index contributed by atoms with van der Waals surface area (Å²) in [6.07, 6.45) is 14.8. The van der Waals surface area contributed by atoms with Gasteiger partial charge in [-0.1, -0.05) is 0 Å². The van der Waals surface area contributed by atoms with Crippen LogP contribution < -0.4 is 3.71 Å². The second kappa shape index (κ2) is 15.1. The Kier molecular flexibility index (Phi) is 10.7. The van der Waals surface area contributed by atoms with E-state index in [-0.39, 0.29) is 0 Å². The molecule has 3 aromatic carbocycles. The van der Waals surface area contributed by atoms with E-state index < -0.39 is 23.9 Å². The molecule has 3 aromatic heterocycles. The molecule has 0 saturated carbocycles. The number of hydrogen-bond donors (Lipinski definition) is 0. The molecule has 0 atom stereocenters. The van der Waals surface area contributed by atoms with Gasteiger partial charge in [-0.25, -0.2) is 0 Å². The second-order valence-corrected chi connectivity index (χ2v) is 26.3. The van der Waals surface area contributed by atoms with Gasteiger partial charge in [0.05, 0.1) is 0 Å². The molecule has 0 radical (unpaired) electrons. The van der Waals surface area contributed by atoms with Crippen molar-refractivity contribution in [2.45, 2.75) is 85.1 Å². The second-order valence-electron chi connectivity index (χ2n) is 13.3. The van der Waals surface area contributed by atoms with E-state index in [0.29, 0.717) is 0 Å². The Morgan fingerprint density at radius 2 is 1.11 bits per heavy atom. The molecular formula is C42H50N4Sn. The average Bonchev–Trinajstić information content (AvgIpc) is 3.73. The molecular weight excluding hydrogens is 679 g/mol. The normalized spacial score (nSPS) is 12.2. The van der Waals surface area contributed by atoms with Gasteiger partial charge in [0, 0.05) is 0 Å². The third-order valence-electron chi connectivity index (χ3n) is 10.2. The van der Waals surface area contributed by atoms with Crippen LogP contribution in [0.5, 0.6) is 0 Å². The number of fused-ring (bicyclic) bond motifs is 1. The first-order chi connectivity index (χ1) is 23.1. The van der Waals surface area contributed by atoms with E-state index in [1.165, 1.54) is 74.1 Å². The molecule has 6 aromatic rings. The SMILES string of the molecule is CCC[CH2][Sn]([CH2]CCC)([CH2]CCC)[c]1cnc2ccc(-c3cn(C(c4ccccc4)(c4ccccc4)c4ccccc4)nc3C)cn12. The van der Waals surface area contributed by atoms with E-state index in [2.05, 4.69) is 158 Å². The zero-order chi connectivity index (χ0) is 32.7. The van der Waals surface area contributed by atoms with Gasteiger partial charge in [-0.3, -0.25) is 0 Å². The minimum absolute atomic E-state index is 0.636. The summed E-state index contributed by atoms with van der Waals surface area (Å²) in [5.74, 6) is 0. The van der Waals surface area contributed by atoms with E-state index in [1.807, 2.05) is 0 Å². The number of imidazole rings is 1. The Balaban J connectivity index is 1.54. The number of unbranched alkanes of at least 4 members (excludes halogenated alkanes) is 3. The zero-order valence-electron chi connectivity index (χ0n) is 28.7. The molecule has 6 rings (SSSR count). The van der Waals surface area contributed by atoms with Gasteiger partial charge in [-0.15, -0.1) is 0 Å². The Labute approximate surface area is 285 Å². The molecule has 0 spiro atoms. The Morgan fingerprint density at radius 1 is 0.617 bits per heavy atom. The summed E-state index contributed by atoms with van der Waals surface area (Å²) in [5, 5.41) is 5.35. The molecule has 242 valence electrons. The van der Waals surface area contributed by atoms with Crippen LogP contribution in [-0.4, -0.2) is 37.5 Å². The third-order valence-corrected chi connectivity index (χ3v) is 25.6. The van der Waals surface area contributed by atoms with Gasteiger partial charge < -0.3 is 0 Å². The predicted octanol–water partition coefficient (Wildman–Crippen LogP) is 10.4. The number of hydrogen-bond acceptors (Lipinski definition) is 2. The van der Waals surface area contributed by atoms with Crippen LogP contribution in [0.4, 0.5) is 0 Å². The molecule has 0 bridgehead atoms. The van der Waals surface area contributed by atoms with Crippen LogP contribution in [0.2, 0.25) is 13.3 Å². The molecule has 0 N–H and O–H groups in total. The standard InChI is InChI=1S/C30H23N4.3C4H9.Sn/c1-23-28(24-17-18-29-31-19-20-33(29)21-24)22-34(32-23)30(25-11-5-2-6-12-25,26-13-7-3-8-14-26)27-15-9-4-10-16-27;3*1-3-4-2;/h2-19,21-22H,1H3;3*1,3-4H2,2H3;. The van der Waals surface area contributed by atoms with Crippen molar-refractivity contribution in [2.24, 2.45) is 0 Å². The van der Waals surface area contributed by atoms with E-state index >= 15 is 0 Å². The van der Waals surface area contributed by atoms with Gasteiger partial charge in [-0.05, 0) is 0 Å². The van der Waals surface area contributed by atoms with Crippen molar-refractivity contribution in [3.8, 4) is 11.1 Å². The minimum atomic E-state index is -2.74. The van der Waals surface area contributed by atoms with Crippen LogP contribution in [0.3, 0.4) is 0 Å². The predicted molar refractivity (Wildman–Crippen MR) is 200 cm³/mol. The summed E-state index contributed by atoms with van der Waals surface area (Å²) >= 11 is -2.74. The molecule has 0 unspecified atom stereocenters. The Morgan fingerprint density at radius 3 is 1.57 bits per heavy atom. The molecule has 5 heteroatoms. The monoisotopic (exact) mass is 730 g/mol. The van der Waals surface area contributed by atoms with Crippen LogP contribution >= 0.6 is 0 Å². The van der Waals surface area contributed by atoms with E-state index in [0.717, 1.165) is 16.9 Å². The first-order valence-electron chi connectivity index (χ1n) is 17.8. The van der Waals surface area contributed by atoms with Crippen molar-refractivity contribution in [1.82, 2.24) is 19.2 Å². The molecule has 3 heterocycles. The molecule has 0 aliphatic carbocycles. The maximum absolute atomic E-state index is 5.35. The van der Waals surface area contributed by atoms with Crippen molar-refractivity contribution >= 4 is 27.7 Å². The zero-order valence-corrected chi connectivity index (χ0v) is 31.6. The Hall–Kier alpha value is -3.64. The van der Waals surface area contributed by atoms with Crippen LogP contribution in [0.1, 0.15) is 81.7 Å².